The number of aromatic nitrogens is 1. The highest BCUT2D eigenvalue weighted by Gasteiger charge is 2.13. The van der Waals surface area contributed by atoms with Gasteiger partial charge in [-0.05, 0) is 44.5 Å². The zero-order valence-corrected chi connectivity index (χ0v) is 17.2. The lowest BCUT2D eigenvalue weighted by molar-refractivity contribution is -0.118. The second-order valence-electron chi connectivity index (χ2n) is 6.04. The quantitative estimate of drug-likeness (QED) is 0.579. The van der Waals surface area contributed by atoms with Crippen LogP contribution in [0.1, 0.15) is 16.0 Å². The Morgan fingerprint density at radius 2 is 1.88 bits per heavy atom. The van der Waals surface area contributed by atoms with E-state index >= 15 is 0 Å². The lowest BCUT2D eigenvalue weighted by Crippen LogP contribution is -2.20. The van der Waals surface area contributed by atoms with E-state index in [1.807, 2.05) is 63.2 Å². The van der Waals surface area contributed by atoms with Crippen molar-refractivity contribution in [3.05, 3.63) is 62.9 Å². The van der Waals surface area contributed by atoms with E-state index in [4.69, 9.17) is 4.74 Å². The van der Waals surface area contributed by atoms with Crippen LogP contribution < -0.4 is 10.1 Å². The Hall–Kier alpha value is -2.18. The van der Waals surface area contributed by atoms with Gasteiger partial charge in [0, 0.05) is 14.9 Å². The first-order valence-electron chi connectivity index (χ1n) is 8.15. The van der Waals surface area contributed by atoms with Gasteiger partial charge in [0.2, 0.25) is 0 Å². The fraction of sp³-hybridized carbons (Fsp3) is 0.200. The van der Waals surface area contributed by atoms with E-state index in [1.54, 1.807) is 0 Å². The van der Waals surface area contributed by atoms with Gasteiger partial charge in [-0.15, -0.1) is 11.3 Å². The SMILES string of the molecule is Cc1ccc(OCC(=O)Nc2nc(-c3ccc(Br)cc3)c(C)s2)c(C)c1. The third kappa shape index (κ3) is 4.51. The summed E-state index contributed by atoms with van der Waals surface area (Å²) in [5.74, 6) is 0.498. The summed E-state index contributed by atoms with van der Waals surface area (Å²) in [7, 11) is 0. The summed E-state index contributed by atoms with van der Waals surface area (Å²) >= 11 is 4.89. The molecule has 0 saturated heterocycles. The molecular weight excluding hydrogens is 412 g/mol. The number of carbonyl (C=O) groups is 1. The number of ether oxygens (including phenoxy) is 1. The molecule has 0 aliphatic carbocycles. The number of hydrogen-bond donors (Lipinski definition) is 1. The topological polar surface area (TPSA) is 51.2 Å². The number of nitrogens with zero attached hydrogens (tertiary/aromatic N) is 1. The van der Waals surface area contributed by atoms with E-state index in [1.165, 1.54) is 11.3 Å². The molecule has 0 unspecified atom stereocenters. The van der Waals surface area contributed by atoms with Crippen LogP contribution in [0, 0.1) is 20.8 Å². The molecule has 1 amide bonds. The molecule has 26 heavy (non-hydrogen) atoms. The van der Waals surface area contributed by atoms with Crippen molar-refractivity contribution in [3.8, 4) is 17.0 Å². The van der Waals surface area contributed by atoms with Crippen LogP contribution in [0.15, 0.2) is 46.9 Å². The third-order valence-electron chi connectivity index (χ3n) is 3.85. The van der Waals surface area contributed by atoms with Crippen LogP contribution in [0.4, 0.5) is 5.13 Å². The van der Waals surface area contributed by atoms with Crippen molar-refractivity contribution in [2.24, 2.45) is 0 Å². The molecule has 0 aliphatic rings. The predicted molar refractivity (Wildman–Crippen MR) is 110 cm³/mol. The molecule has 1 heterocycles. The van der Waals surface area contributed by atoms with Crippen molar-refractivity contribution in [2.75, 3.05) is 11.9 Å². The second kappa shape index (κ2) is 8.01. The van der Waals surface area contributed by atoms with Crippen LogP contribution in [0.5, 0.6) is 5.75 Å². The summed E-state index contributed by atoms with van der Waals surface area (Å²) in [6.45, 7) is 5.94. The third-order valence-corrected chi connectivity index (χ3v) is 5.26. The summed E-state index contributed by atoms with van der Waals surface area (Å²) in [4.78, 5) is 17.8. The van der Waals surface area contributed by atoms with Crippen molar-refractivity contribution in [2.45, 2.75) is 20.8 Å². The maximum atomic E-state index is 12.2. The van der Waals surface area contributed by atoms with Crippen LogP contribution in [0.3, 0.4) is 0 Å². The average Bonchev–Trinajstić information content (AvgIpc) is 2.95. The number of hydrogen-bond acceptors (Lipinski definition) is 4. The Bertz CT molecular complexity index is 935. The van der Waals surface area contributed by atoms with E-state index in [0.717, 1.165) is 37.5 Å². The van der Waals surface area contributed by atoms with Gasteiger partial charge in [0.05, 0.1) is 5.69 Å². The second-order valence-corrected chi connectivity index (χ2v) is 8.16. The molecule has 0 atom stereocenters. The maximum absolute atomic E-state index is 12.2. The summed E-state index contributed by atoms with van der Waals surface area (Å²) in [5.41, 5.74) is 4.08. The molecule has 0 radical (unpaired) electrons. The van der Waals surface area contributed by atoms with Gasteiger partial charge in [0.25, 0.3) is 5.91 Å². The number of carbonyl (C=O) groups excluding carboxylic acids is 1. The van der Waals surface area contributed by atoms with Crippen LogP contribution in [0.2, 0.25) is 0 Å². The molecule has 0 fully saturated rings. The Morgan fingerprint density at radius 1 is 1.15 bits per heavy atom. The smallest absolute Gasteiger partial charge is 0.264 e. The van der Waals surface area contributed by atoms with E-state index in [2.05, 4.69) is 26.2 Å². The molecule has 6 heteroatoms. The predicted octanol–water partition coefficient (Wildman–Crippen LogP) is 5.52. The standard InChI is InChI=1S/C20H19BrN2O2S/c1-12-4-9-17(13(2)10-12)25-11-18(24)22-20-23-19(14(3)26-20)15-5-7-16(21)8-6-15/h4-10H,11H2,1-3H3,(H,22,23,24). The van der Waals surface area contributed by atoms with Crippen molar-refractivity contribution in [1.29, 1.82) is 0 Å². The molecule has 134 valence electrons. The normalized spacial score (nSPS) is 10.6. The minimum Gasteiger partial charge on any atom is -0.483 e. The number of amides is 1. The number of anilines is 1. The summed E-state index contributed by atoms with van der Waals surface area (Å²) in [5, 5.41) is 3.40. The van der Waals surface area contributed by atoms with Crippen molar-refractivity contribution in [1.82, 2.24) is 4.98 Å². The molecule has 3 aromatic rings. The fourth-order valence-electron chi connectivity index (χ4n) is 2.59. The molecule has 0 bridgehead atoms. The summed E-state index contributed by atoms with van der Waals surface area (Å²) in [6.07, 6.45) is 0. The molecule has 1 N–H and O–H groups in total. The molecular formula is C20H19BrN2O2S. The Kier molecular flexibility index (Phi) is 5.74. The molecule has 0 saturated carbocycles. The van der Waals surface area contributed by atoms with Gasteiger partial charge in [-0.3, -0.25) is 10.1 Å². The average molecular weight is 431 g/mol. The Labute approximate surface area is 165 Å². The van der Waals surface area contributed by atoms with E-state index in [0.29, 0.717) is 5.13 Å². The number of aryl methyl sites for hydroxylation is 3. The Morgan fingerprint density at radius 3 is 2.58 bits per heavy atom. The highest BCUT2D eigenvalue weighted by molar-refractivity contribution is 9.10. The zero-order valence-electron chi connectivity index (χ0n) is 14.8. The number of nitrogens with one attached hydrogen (secondary N) is 1. The molecule has 0 spiro atoms. The van der Waals surface area contributed by atoms with Crippen LogP contribution in [-0.4, -0.2) is 17.5 Å². The zero-order chi connectivity index (χ0) is 18.7. The van der Waals surface area contributed by atoms with E-state index in [9.17, 15) is 4.79 Å². The lowest BCUT2D eigenvalue weighted by Gasteiger charge is -2.09. The minimum absolute atomic E-state index is 0.0455. The van der Waals surface area contributed by atoms with Gasteiger partial charge >= 0.3 is 0 Å². The molecule has 0 aliphatic heterocycles. The highest BCUT2D eigenvalue weighted by atomic mass is 79.9. The van der Waals surface area contributed by atoms with Crippen molar-refractivity contribution < 1.29 is 9.53 Å². The lowest BCUT2D eigenvalue weighted by atomic mass is 10.1. The maximum Gasteiger partial charge on any atom is 0.264 e. The van der Waals surface area contributed by atoms with Gasteiger partial charge in [-0.25, -0.2) is 4.98 Å². The fourth-order valence-corrected chi connectivity index (χ4v) is 3.70. The van der Waals surface area contributed by atoms with Crippen LogP contribution >= 0.6 is 27.3 Å². The Balaban J connectivity index is 1.64. The summed E-state index contributed by atoms with van der Waals surface area (Å²) in [6, 6.07) is 13.8. The first kappa shape index (κ1) is 18.6. The van der Waals surface area contributed by atoms with Crippen molar-refractivity contribution in [3.63, 3.8) is 0 Å². The first-order chi connectivity index (χ1) is 12.4. The molecule has 4 nitrogen and oxygen atoms in total. The van der Waals surface area contributed by atoms with Crippen molar-refractivity contribution >= 4 is 38.3 Å². The number of halogens is 1. The van der Waals surface area contributed by atoms with Gasteiger partial charge in [0.15, 0.2) is 11.7 Å². The first-order valence-corrected chi connectivity index (χ1v) is 9.76. The van der Waals surface area contributed by atoms with Gasteiger partial charge < -0.3 is 4.74 Å². The van der Waals surface area contributed by atoms with E-state index < -0.39 is 0 Å². The molecule has 2 aromatic carbocycles. The molecule has 1 aromatic heterocycles. The van der Waals surface area contributed by atoms with Crippen LogP contribution in [-0.2, 0) is 4.79 Å². The van der Waals surface area contributed by atoms with E-state index in [-0.39, 0.29) is 12.5 Å². The van der Waals surface area contributed by atoms with Gasteiger partial charge in [-0.2, -0.15) is 0 Å². The minimum atomic E-state index is -0.221. The van der Waals surface area contributed by atoms with Crippen LogP contribution in [0.25, 0.3) is 11.3 Å². The largest absolute Gasteiger partial charge is 0.483 e. The highest BCUT2D eigenvalue weighted by Crippen LogP contribution is 2.31. The van der Waals surface area contributed by atoms with Gasteiger partial charge in [-0.1, -0.05) is 45.8 Å². The number of benzene rings is 2. The molecule has 3 rings (SSSR count). The van der Waals surface area contributed by atoms with Gasteiger partial charge in [0.1, 0.15) is 5.75 Å². The monoisotopic (exact) mass is 430 g/mol. The number of rotatable bonds is 5. The number of thiazole rings is 1. The summed E-state index contributed by atoms with van der Waals surface area (Å²) < 4.78 is 6.64.